The van der Waals surface area contributed by atoms with E-state index in [0.29, 0.717) is 37.8 Å². The Labute approximate surface area is 191 Å². The number of hydrogen-bond acceptors (Lipinski definition) is 7. The number of ether oxygens (including phenoxy) is 2. The molecule has 33 heavy (non-hydrogen) atoms. The van der Waals surface area contributed by atoms with E-state index in [1.54, 1.807) is 18.2 Å². The SMILES string of the molecule is O=CNCCCC[C@@H](NC(=O)[C@H]1COC(c2ccccc2O)=N1)C(=O)OCc1ccccc1. The third-order valence-corrected chi connectivity index (χ3v) is 5.06. The third kappa shape index (κ3) is 7.06. The molecule has 2 aromatic carbocycles. The molecule has 0 spiro atoms. The van der Waals surface area contributed by atoms with Gasteiger partial charge in [0.15, 0.2) is 6.04 Å². The summed E-state index contributed by atoms with van der Waals surface area (Å²) in [5, 5.41) is 15.3. The zero-order valence-electron chi connectivity index (χ0n) is 18.1. The zero-order valence-corrected chi connectivity index (χ0v) is 18.1. The first-order chi connectivity index (χ1) is 16.1. The average Bonchev–Trinajstić information content (AvgIpc) is 3.33. The fourth-order valence-electron chi connectivity index (χ4n) is 3.29. The Kier molecular flexibility index (Phi) is 8.81. The summed E-state index contributed by atoms with van der Waals surface area (Å²) in [5.41, 5.74) is 1.24. The quantitative estimate of drug-likeness (QED) is 0.255. The summed E-state index contributed by atoms with van der Waals surface area (Å²) >= 11 is 0. The second-order valence-corrected chi connectivity index (χ2v) is 7.50. The zero-order chi connectivity index (χ0) is 23.5. The normalized spacial score (nSPS) is 15.6. The summed E-state index contributed by atoms with van der Waals surface area (Å²) in [4.78, 5) is 40.2. The van der Waals surface area contributed by atoms with Crippen LogP contribution >= 0.6 is 0 Å². The number of nitrogens with one attached hydrogen (secondary N) is 2. The Balaban J connectivity index is 1.61. The van der Waals surface area contributed by atoms with Gasteiger partial charge >= 0.3 is 5.97 Å². The molecule has 2 amide bonds. The molecular weight excluding hydrogens is 426 g/mol. The van der Waals surface area contributed by atoms with Crippen LogP contribution < -0.4 is 10.6 Å². The number of rotatable bonds is 12. The van der Waals surface area contributed by atoms with Crippen LogP contribution in [0.25, 0.3) is 0 Å². The van der Waals surface area contributed by atoms with Gasteiger partial charge in [-0.2, -0.15) is 0 Å². The third-order valence-electron chi connectivity index (χ3n) is 5.06. The lowest BCUT2D eigenvalue weighted by molar-refractivity contribution is -0.149. The molecule has 1 aliphatic rings. The van der Waals surface area contributed by atoms with Crippen LogP contribution in [0.2, 0.25) is 0 Å². The molecular formula is C24H27N3O6. The van der Waals surface area contributed by atoms with Gasteiger partial charge in [-0.05, 0) is 37.0 Å². The maximum absolute atomic E-state index is 12.8. The molecule has 0 bridgehead atoms. The highest BCUT2D eigenvalue weighted by atomic mass is 16.5. The number of carbonyl (C=O) groups excluding carboxylic acids is 3. The molecule has 0 saturated heterocycles. The van der Waals surface area contributed by atoms with Crippen molar-refractivity contribution in [1.29, 1.82) is 0 Å². The largest absolute Gasteiger partial charge is 0.507 e. The van der Waals surface area contributed by atoms with Crippen molar-refractivity contribution < 1.29 is 29.0 Å². The Morgan fingerprint density at radius 2 is 1.91 bits per heavy atom. The lowest BCUT2D eigenvalue weighted by atomic mass is 10.1. The first-order valence-electron chi connectivity index (χ1n) is 10.8. The predicted octanol–water partition coefficient (Wildman–Crippen LogP) is 1.68. The summed E-state index contributed by atoms with van der Waals surface area (Å²) < 4.78 is 10.9. The van der Waals surface area contributed by atoms with E-state index < -0.39 is 24.0 Å². The van der Waals surface area contributed by atoms with Gasteiger partial charge in [-0.3, -0.25) is 9.59 Å². The first kappa shape index (κ1) is 23.8. The number of carbonyl (C=O) groups is 3. The van der Waals surface area contributed by atoms with E-state index in [2.05, 4.69) is 15.6 Å². The Hall–Kier alpha value is -3.88. The lowest BCUT2D eigenvalue weighted by Gasteiger charge is -2.19. The van der Waals surface area contributed by atoms with E-state index in [0.717, 1.165) is 5.56 Å². The van der Waals surface area contributed by atoms with E-state index >= 15 is 0 Å². The molecule has 0 radical (unpaired) electrons. The van der Waals surface area contributed by atoms with Crippen LogP contribution in [0.1, 0.15) is 30.4 Å². The number of aliphatic imine (C=N–C) groups is 1. The monoisotopic (exact) mass is 453 g/mol. The van der Waals surface area contributed by atoms with Gasteiger partial charge in [0, 0.05) is 6.54 Å². The van der Waals surface area contributed by atoms with Crippen molar-refractivity contribution in [1.82, 2.24) is 10.6 Å². The molecule has 174 valence electrons. The highest BCUT2D eigenvalue weighted by molar-refractivity contribution is 6.00. The van der Waals surface area contributed by atoms with Gasteiger partial charge in [0.2, 0.25) is 18.2 Å². The van der Waals surface area contributed by atoms with E-state index in [1.807, 2.05) is 30.3 Å². The molecule has 1 heterocycles. The molecule has 0 fully saturated rings. The smallest absolute Gasteiger partial charge is 0.328 e. The number of amides is 2. The topological polar surface area (TPSA) is 126 Å². The summed E-state index contributed by atoms with van der Waals surface area (Å²) in [5.74, 6) is -0.826. The van der Waals surface area contributed by atoms with Crippen molar-refractivity contribution in [2.24, 2.45) is 4.99 Å². The fraction of sp³-hybridized carbons (Fsp3) is 0.333. The van der Waals surface area contributed by atoms with Gasteiger partial charge in [0.1, 0.15) is 25.0 Å². The number of esters is 1. The van der Waals surface area contributed by atoms with Crippen LogP contribution in [0.15, 0.2) is 59.6 Å². The van der Waals surface area contributed by atoms with Gasteiger partial charge in [-0.15, -0.1) is 0 Å². The van der Waals surface area contributed by atoms with Gasteiger partial charge < -0.3 is 25.2 Å². The summed E-state index contributed by atoms with van der Waals surface area (Å²) in [6.45, 7) is 0.583. The molecule has 0 unspecified atom stereocenters. The Bertz CT molecular complexity index is 979. The minimum absolute atomic E-state index is 0.00334. The Morgan fingerprint density at radius 3 is 2.67 bits per heavy atom. The van der Waals surface area contributed by atoms with Gasteiger partial charge in [-0.1, -0.05) is 42.5 Å². The lowest BCUT2D eigenvalue weighted by Crippen LogP contribution is -2.46. The minimum atomic E-state index is -0.859. The number of phenolic OH excluding ortho intramolecular Hbond substituents is 1. The standard InChI is InChI=1S/C24H27N3O6/c28-16-25-13-7-6-11-19(24(31)33-14-17-8-2-1-3-9-17)26-22(30)20-15-32-23(27-20)18-10-4-5-12-21(18)29/h1-5,8-10,12,16,19-20,29H,6-7,11,13-15H2,(H,25,28)(H,26,30)/t19-,20-/m1/s1. The van der Waals surface area contributed by atoms with Crippen molar-refractivity contribution in [2.75, 3.05) is 13.2 Å². The van der Waals surface area contributed by atoms with Gasteiger partial charge in [-0.25, -0.2) is 9.79 Å². The highest BCUT2D eigenvalue weighted by Crippen LogP contribution is 2.21. The minimum Gasteiger partial charge on any atom is -0.507 e. The van der Waals surface area contributed by atoms with Crippen LogP contribution in [-0.4, -0.2) is 54.5 Å². The van der Waals surface area contributed by atoms with Crippen molar-refractivity contribution in [3.8, 4) is 5.75 Å². The molecule has 3 rings (SSSR count). The average molecular weight is 453 g/mol. The molecule has 2 aromatic rings. The second-order valence-electron chi connectivity index (χ2n) is 7.50. The molecule has 9 heteroatoms. The first-order valence-corrected chi connectivity index (χ1v) is 10.8. The molecule has 2 atom stereocenters. The summed E-state index contributed by atoms with van der Waals surface area (Å²) in [7, 11) is 0. The van der Waals surface area contributed by atoms with E-state index in [1.165, 1.54) is 6.07 Å². The molecule has 9 nitrogen and oxygen atoms in total. The Morgan fingerprint density at radius 1 is 1.15 bits per heavy atom. The fourth-order valence-corrected chi connectivity index (χ4v) is 3.29. The number of unbranched alkanes of at least 4 members (excludes halogenated alkanes) is 1. The summed E-state index contributed by atoms with van der Waals surface area (Å²) in [6.07, 6.45) is 2.22. The van der Waals surface area contributed by atoms with Crippen LogP contribution in [0, 0.1) is 0 Å². The number of benzene rings is 2. The number of hydrogen-bond donors (Lipinski definition) is 3. The van der Waals surface area contributed by atoms with Crippen LogP contribution in [-0.2, 0) is 30.5 Å². The molecule has 3 N–H and O–H groups in total. The molecule has 0 saturated carbocycles. The van der Waals surface area contributed by atoms with Crippen molar-refractivity contribution in [2.45, 2.75) is 38.0 Å². The maximum Gasteiger partial charge on any atom is 0.328 e. The predicted molar refractivity (Wildman–Crippen MR) is 120 cm³/mol. The highest BCUT2D eigenvalue weighted by Gasteiger charge is 2.31. The molecule has 1 aliphatic heterocycles. The number of nitrogens with zero attached hydrogens (tertiary/aromatic N) is 1. The number of phenols is 1. The van der Waals surface area contributed by atoms with Crippen molar-refractivity contribution in [3.63, 3.8) is 0 Å². The second kappa shape index (κ2) is 12.2. The van der Waals surface area contributed by atoms with E-state index in [-0.39, 0.29) is 24.9 Å². The van der Waals surface area contributed by atoms with Crippen molar-refractivity contribution >= 4 is 24.2 Å². The number of para-hydroxylation sites is 1. The molecule has 0 aromatic heterocycles. The van der Waals surface area contributed by atoms with Crippen molar-refractivity contribution in [3.05, 3.63) is 65.7 Å². The van der Waals surface area contributed by atoms with Gasteiger partial charge in [0.25, 0.3) is 0 Å². The van der Waals surface area contributed by atoms with Crippen LogP contribution in [0.3, 0.4) is 0 Å². The van der Waals surface area contributed by atoms with Crippen LogP contribution in [0.4, 0.5) is 0 Å². The number of aromatic hydroxyl groups is 1. The maximum atomic E-state index is 12.8. The van der Waals surface area contributed by atoms with Gasteiger partial charge in [0.05, 0.1) is 5.56 Å². The summed E-state index contributed by atoms with van der Waals surface area (Å²) in [6, 6.07) is 14.1. The molecule has 0 aliphatic carbocycles. The van der Waals surface area contributed by atoms with E-state index in [4.69, 9.17) is 9.47 Å². The van der Waals surface area contributed by atoms with E-state index in [9.17, 15) is 19.5 Å². The van der Waals surface area contributed by atoms with Crippen LogP contribution in [0.5, 0.6) is 5.75 Å².